The zero-order valence-corrected chi connectivity index (χ0v) is 11.3. The summed E-state index contributed by atoms with van der Waals surface area (Å²) in [6.07, 6.45) is 0. The lowest BCUT2D eigenvalue weighted by molar-refractivity contribution is 0.101. The zero-order chi connectivity index (χ0) is 14.7. The van der Waals surface area contributed by atoms with Gasteiger partial charge in [0, 0.05) is 6.54 Å². The molecular weight excluding hydrogens is 288 g/mol. The fourth-order valence-corrected chi connectivity index (χ4v) is 2.51. The monoisotopic (exact) mass is 299 g/mol. The van der Waals surface area contributed by atoms with Crippen LogP contribution in [0.15, 0.2) is 28.2 Å². The number of aromatic amines is 1. The van der Waals surface area contributed by atoms with Crippen molar-refractivity contribution in [1.29, 1.82) is 0 Å². The van der Waals surface area contributed by atoms with Crippen LogP contribution in [-0.4, -0.2) is 26.3 Å². The molecule has 8 heteroatoms. The number of nitrogens with one attached hydrogen (secondary N) is 1. The molecule has 0 saturated heterocycles. The van der Waals surface area contributed by atoms with E-state index in [0.717, 1.165) is 30.0 Å². The van der Waals surface area contributed by atoms with Crippen LogP contribution in [0.25, 0.3) is 0 Å². The molecule has 20 heavy (non-hydrogen) atoms. The van der Waals surface area contributed by atoms with Crippen LogP contribution in [0.5, 0.6) is 0 Å². The Morgan fingerprint density at radius 1 is 1.45 bits per heavy atom. The average molecular weight is 299 g/mol. The van der Waals surface area contributed by atoms with Crippen LogP contribution in [0.2, 0.25) is 0 Å². The van der Waals surface area contributed by atoms with Gasteiger partial charge in [-0.3, -0.25) is 9.36 Å². The number of halogens is 2. The van der Waals surface area contributed by atoms with E-state index in [-0.39, 0.29) is 17.0 Å². The predicted octanol–water partition coefficient (Wildman–Crippen LogP) is 1.84. The zero-order valence-electron chi connectivity index (χ0n) is 10.5. The fourth-order valence-electron chi connectivity index (χ4n) is 1.61. The van der Waals surface area contributed by atoms with E-state index in [1.807, 2.05) is 0 Å². The summed E-state index contributed by atoms with van der Waals surface area (Å²) < 4.78 is 27.8. The number of H-pyrrole nitrogens is 1. The van der Waals surface area contributed by atoms with E-state index in [1.54, 1.807) is 6.92 Å². The first-order valence-corrected chi connectivity index (χ1v) is 6.77. The topological polar surface area (TPSA) is 67.8 Å². The second-order valence-corrected chi connectivity index (χ2v) is 4.83. The summed E-state index contributed by atoms with van der Waals surface area (Å²) in [5.41, 5.74) is -0.683. The Balaban J connectivity index is 2.12. The number of aromatic nitrogens is 3. The summed E-state index contributed by atoms with van der Waals surface area (Å²) in [5, 5.41) is 6.36. The van der Waals surface area contributed by atoms with Crippen molar-refractivity contribution < 1.29 is 13.6 Å². The maximum Gasteiger partial charge on any atom is 0.343 e. The van der Waals surface area contributed by atoms with Crippen molar-refractivity contribution in [1.82, 2.24) is 14.8 Å². The molecule has 0 bridgehead atoms. The quantitative estimate of drug-likeness (QED) is 0.676. The minimum absolute atomic E-state index is 0.134. The van der Waals surface area contributed by atoms with Crippen LogP contribution in [0.3, 0.4) is 0 Å². The van der Waals surface area contributed by atoms with Gasteiger partial charge in [-0.15, -0.1) is 5.10 Å². The van der Waals surface area contributed by atoms with E-state index >= 15 is 0 Å². The van der Waals surface area contributed by atoms with Gasteiger partial charge in [0.15, 0.2) is 10.9 Å². The molecule has 0 radical (unpaired) electrons. The second kappa shape index (κ2) is 6.00. The molecule has 0 saturated carbocycles. The van der Waals surface area contributed by atoms with Gasteiger partial charge in [0.05, 0.1) is 11.3 Å². The van der Waals surface area contributed by atoms with Crippen LogP contribution < -0.4 is 5.69 Å². The summed E-state index contributed by atoms with van der Waals surface area (Å²) in [6.45, 7) is 2.16. The molecular formula is C12H11F2N3O2S. The third-order valence-electron chi connectivity index (χ3n) is 2.60. The van der Waals surface area contributed by atoms with E-state index in [0.29, 0.717) is 11.7 Å². The van der Waals surface area contributed by atoms with E-state index in [1.165, 1.54) is 4.57 Å². The number of carbonyl (C=O) groups excluding carboxylic acids is 1. The SMILES string of the molecule is CCn1c(SCC(=O)c2cc(F)ccc2F)n[nH]c1=O. The van der Waals surface area contributed by atoms with Crippen LogP contribution in [-0.2, 0) is 6.54 Å². The lowest BCUT2D eigenvalue weighted by Gasteiger charge is -2.03. The van der Waals surface area contributed by atoms with Crippen molar-refractivity contribution in [2.75, 3.05) is 5.75 Å². The lowest BCUT2D eigenvalue weighted by atomic mass is 10.1. The molecule has 0 aliphatic carbocycles. The molecule has 0 aliphatic rings. The van der Waals surface area contributed by atoms with E-state index < -0.39 is 17.4 Å². The molecule has 2 aromatic rings. The molecule has 0 spiro atoms. The van der Waals surface area contributed by atoms with Gasteiger partial charge < -0.3 is 0 Å². The van der Waals surface area contributed by atoms with E-state index in [2.05, 4.69) is 10.2 Å². The number of hydrogen-bond acceptors (Lipinski definition) is 4. The molecule has 1 aromatic carbocycles. The van der Waals surface area contributed by atoms with Gasteiger partial charge in [-0.25, -0.2) is 18.7 Å². The minimum Gasteiger partial charge on any atom is -0.293 e. The van der Waals surface area contributed by atoms with Gasteiger partial charge in [-0.05, 0) is 25.1 Å². The fraction of sp³-hybridized carbons (Fsp3) is 0.250. The number of thioether (sulfide) groups is 1. The molecule has 0 unspecified atom stereocenters. The van der Waals surface area contributed by atoms with Crippen LogP contribution in [0, 0.1) is 11.6 Å². The highest BCUT2D eigenvalue weighted by molar-refractivity contribution is 7.99. The van der Waals surface area contributed by atoms with Gasteiger partial charge in [0.25, 0.3) is 0 Å². The Hall–Kier alpha value is -1.96. The lowest BCUT2D eigenvalue weighted by Crippen LogP contribution is -2.16. The van der Waals surface area contributed by atoms with Crippen molar-refractivity contribution >= 4 is 17.5 Å². The summed E-state index contributed by atoms with van der Waals surface area (Å²) in [7, 11) is 0. The normalized spacial score (nSPS) is 10.8. The maximum atomic E-state index is 13.4. The molecule has 2 rings (SSSR count). The molecule has 1 heterocycles. The number of nitrogens with zero attached hydrogens (tertiary/aromatic N) is 2. The van der Waals surface area contributed by atoms with E-state index in [9.17, 15) is 18.4 Å². The maximum absolute atomic E-state index is 13.4. The third kappa shape index (κ3) is 2.96. The van der Waals surface area contributed by atoms with Gasteiger partial charge in [0.2, 0.25) is 0 Å². The summed E-state index contributed by atoms with van der Waals surface area (Å²) in [5.74, 6) is -2.15. The van der Waals surface area contributed by atoms with Crippen molar-refractivity contribution in [2.24, 2.45) is 0 Å². The highest BCUT2D eigenvalue weighted by Gasteiger charge is 2.15. The van der Waals surface area contributed by atoms with Gasteiger partial charge >= 0.3 is 5.69 Å². The summed E-state index contributed by atoms with van der Waals surface area (Å²) >= 11 is 0.992. The van der Waals surface area contributed by atoms with Crippen LogP contribution in [0.4, 0.5) is 8.78 Å². The first kappa shape index (κ1) is 14.4. The predicted molar refractivity (Wildman–Crippen MR) is 69.9 cm³/mol. The van der Waals surface area contributed by atoms with E-state index in [4.69, 9.17) is 0 Å². The Morgan fingerprint density at radius 2 is 2.20 bits per heavy atom. The van der Waals surface area contributed by atoms with Crippen molar-refractivity contribution in [3.05, 3.63) is 45.9 Å². The number of benzene rings is 1. The van der Waals surface area contributed by atoms with Crippen LogP contribution >= 0.6 is 11.8 Å². The van der Waals surface area contributed by atoms with Crippen LogP contribution in [0.1, 0.15) is 17.3 Å². The smallest absolute Gasteiger partial charge is 0.293 e. The van der Waals surface area contributed by atoms with Gasteiger partial charge in [-0.1, -0.05) is 11.8 Å². The third-order valence-corrected chi connectivity index (χ3v) is 3.58. The Bertz CT molecular complexity index is 696. The molecule has 0 atom stereocenters. The summed E-state index contributed by atoms with van der Waals surface area (Å²) in [6, 6.07) is 2.71. The molecule has 0 amide bonds. The molecule has 106 valence electrons. The standard InChI is InChI=1S/C12H11F2N3O2S/c1-2-17-11(19)15-16-12(17)20-6-10(18)8-5-7(13)3-4-9(8)14/h3-5H,2,6H2,1H3,(H,15,19). The second-order valence-electron chi connectivity index (χ2n) is 3.89. The molecule has 1 aromatic heterocycles. The van der Waals surface area contributed by atoms with Crippen molar-refractivity contribution in [3.8, 4) is 0 Å². The highest BCUT2D eigenvalue weighted by atomic mass is 32.2. The first-order valence-electron chi connectivity index (χ1n) is 5.79. The van der Waals surface area contributed by atoms with Gasteiger partial charge in [0.1, 0.15) is 11.6 Å². The molecule has 0 aliphatic heterocycles. The van der Waals surface area contributed by atoms with Crippen molar-refractivity contribution in [3.63, 3.8) is 0 Å². The molecule has 0 fully saturated rings. The number of hydrogen-bond donors (Lipinski definition) is 1. The number of Topliss-reactive ketones (excluding diaryl/α,β-unsaturated/α-hetero) is 1. The number of ketones is 1. The van der Waals surface area contributed by atoms with Crippen molar-refractivity contribution in [2.45, 2.75) is 18.6 Å². The summed E-state index contributed by atoms with van der Waals surface area (Å²) in [4.78, 5) is 23.2. The molecule has 5 nitrogen and oxygen atoms in total. The Morgan fingerprint density at radius 3 is 2.90 bits per heavy atom. The number of rotatable bonds is 5. The highest BCUT2D eigenvalue weighted by Crippen LogP contribution is 2.17. The Labute approximate surface area is 117 Å². The molecule has 1 N–H and O–H groups in total. The minimum atomic E-state index is -0.771. The first-order chi connectivity index (χ1) is 9.52. The Kier molecular flexibility index (Phi) is 4.33. The largest absolute Gasteiger partial charge is 0.343 e. The van der Waals surface area contributed by atoms with Gasteiger partial charge in [-0.2, -0.15) is 0 Å². The average Bonchev–Trinajstić information content (AvgIpc) is 2.79. The number of carbonyl (C=O) groups is 1.